The van der Waals surface area contributed by atoms with Crippen molar-refractivity contribution in [1.82, 2.24) is 4.90 Å². The molecule has 1 aliphatic rings. The molecule has 4 heteroatoms. The molecule has 1 unspecified atom stereocenters. The van der Waals surface area contributed by atoms with Crippen LogP contribution in [0, 0.1) is 11.7 Å². The Morgan fingerprint density at radius 1 is 1.44 bits per heavy atom. The number of alkyl halides is 1. The third-order valence-corrected chi connectivity index (χ3v) is 4.88. The molecule has 0 bridgehead atoms. The molecule has 100 valence electrons. The van der Waals surface area contributed by atoms with E-state index in [4.69, 9.17) is 11.6 Å². The predicted molar refractivity (Wildman–Crippen MR) is 77.8 cm³/mol. The maximum Gasteiger partial charge on any atom is 0.142 e. The third-order valence-electron chi connectivity index (χ3n) is 3.71. The first-order valence-electron chi connectivity index (χ1n) is 6.37. The van der Waals surface area contributed by atoms with E-state index in [-0.39, 0.29) is 10.8 Å². The Hall–Kier alpha value is -0.120. The van der Waals surface area contributed by atoms with Gasteiger partial charge in [0.2, 0.25) is 0 Å². The van der Waals surface area contributed by atoms with Gasteiger partial charge in [-0.05, 0) is 43.5 Å². The fourth-order valence-electron chi connectivity index (χ4n) is 2.48. The summed E-state index contributed by atoms with van der Waals surface area (Å²) in [4.78, 5) is 2.93. The van der Waals surface area contributed by atoms with E-state index in [2.05, 4.69) is 27.8 Å². The van der Waals surface area contributed by atoms with Crippen molar-refractivity contribution in [3.05, 3.63) is 34.6 Å². The van der Waals surface area contributed by atoms with Crippen LogP contribution in [0.25, 0.3) is 0 Å². The van der Waals surface area contributed by atoms with Gasteiger partial charge in [0.25, 0.3) is 0 Å². The number of hydrogen-bond donors (Lipinski definition) is 0. The minimum Gasteiger partial charge on any atom is -0.299 e. The monoisotopic (exact) mass is 333 g/mol. The lowest BCUT2D eigenvalue weighted by molar-refractivity contribution is 0.178. The van der Waals surface area contributed by atoms with Gasteiger partial charge in [-0.15, -0.1) is 0 Å². The van der Waals surface area contributed by atoms with Crippen molar-refractivity contribution >= 4 is 27.5 Å². The molecule has 1 nitrogen and oxygen atoms in total. The summed E-state index contributed by atoms with van der Waals surface area (Å²) in [6.07, 6.45) is 2.39. The highest BCUT2D eigenvalue weighted by molar-refractivity contribution is 9.09. The molecule has 0 aromatic heterocycles. The zero-order valence-corrected chi connectivity index (χ0v) is 12.8. The van der Waals surface area contributed by atoms with E-state index < -0.39 is 0 Å². The van der Waals surface area contributed by atoms with E-state index in [1.165, 1.54) is 18.9 Å². The molecule has 0 spiro atoms. The summed E-state index contributed by atoms with van der Waals surface area (Å²) in [5.74, 6) is 0.433. The van der Waals surface area contributed by atoms with Gasteiger partial charge in [0.15, 0.2) is 0 Å². The van der Waals surface area contributed by atoms with E-state index in [0.29, 0.717) is 4.83 Å². The standard InChI is InChI=1S/C14H18BrClFN/c1-10(15)11-5-7-18(8-6-11)9-12-3-2-4-13(17)14(12)16/h2-4,10-11H,5-9H2,1H3. The Morgan fingerprint density at radius 3 is 2.72 bits per heavy atom. The minimum absolute atomic E-state index is 0.272. The molecule has 1 aromatic carbocycles. The summed E-state index contributed by atoms with van der Waals surface area (Å²) >= 11 is 9.64. The molecular weight excluding hydrogens is 317 g/mol. The predicted octanol–water partition coefficient (Wildman–Crippen LogP) is 4.47. The lowest BCUT2D eigenvalue weighted by atomic mass is 9.94. The van der Waals surface area contributed by atoms with Crippen molar-refractivity contribution in [3.8, 4) is 0 Å². The highest BCUT2D eigenvalue weighted by Crippen LogP contribution is 2.27. The van der Waals surface area contributed by atoms with Crippen LogP contribution in [0.2, 0.25) is 5.02 Å². The van der Waals surface area contributed by atoms with E-state index in [0.717, 1.165) is 31.1 Å². The van der Waals surface area contributed by atoms with Crippen LogP contribution in [0.15, 0.2) is 18.2 Å². The van der Waals surface area contributed by atoms with Gasteiger partial charge >= 0.3 is 0 Å². The molecule has 18 heavy (non-hydrogen) atoms. The third kappa shape index (κ3) is 3.46. The zero-order valence-electron chi connectivity index (χ0n) is 10.5. The van der Waals surface area contributed by atoms with Crippen molar-refractivity contribution in [2.24, 2.45) is 5.92 Å². The van der Waals surface area contributed by atoms with Crippen LogP contribution in [-0.2, 0) is 6.54 Å². The van der Waals surface area contributed by atoms with Crippen molar-refractivity contribution in [1.29, 1.82) is 0 Å². The van der Waals surface area contributed by atoms with Crippen LogP contribution in [0.4, 0.5) is 4.39 Å². The molecular formula is C14H18BrClFN. The SMILES string of the molecule is CC(Br)C1CCN(Cc2cccc(F)c2Cl)CC1. The Labute approximate surface area is 121 Å². The quantitative estimate of drug-likeness (QED) is 0.737. The van der Waals surface area contributed by atoms with Crippen LogP contribution in [0.3, 0.4) is 0 Å². The lowest BCUT2D eigenvalue weighted by Crippen LogP contribution is -2.35. The Bertz CT molecular complexity index is 403. The van der Waals surface area contributed by atoms with Gasteiger partial charge in [-0.3, -0.25) is 4.90 Å². The number of piperidine rings is 1. The van der Waals surface area contributed by atoms with Crippen molar-refractivity contribution in [2.75, 3.05) is 13.1 Å². The number of likely N-dealkylation sites (tertiary alicyclic amines) is 1. The number of nitrogens with zero attached hydrogens (tertiary/aromatic N) is 1. The van der Waals surface area contributed by atoms with Gasteiger partial charge < -0.3 is 0 Å². The summed E-state index contributed by atoms with van der Waals surface area (Å²) in [6.45, 7) is 5.09. The van der Waals surface area contributed by atoms with E-state index in [9.17, 15) is 4.39 Å². The van der Waals surface area contributed by atoms with E-state index >= 15 is 0 Å². The fourth-order valence-corrected chi connectivity index (χ4v) is 3.20. The van der Waals surface area contributed by atoms with Gasteiger partial charge in [0.05, 0.1) is 5.02 Å². The summed E-state index contributed by atoms with van der Waals surface area (Å²) < 4.78 is 13.3. The molecule has 0 N–H and O–H groups in total. The molecule has 1 heterocycles. The maximum absolute atomic E-state index is 13.3. The molecule has 1 fully saturated rings. The minimum atomic E-state index is -0.321. The van der Waals surface area contributed by atoms with Crippen molar-refractivity contribution in [2.45, 2.75) is 31.1 Å². The van der Waals surface area contributed by atoms with Gasteiger partial charge in [0, 0.05) is 11.4 Å². The number of benzene rings is 1. The van der Waals surface area contributed by atoms with Crippen molar-refractivity contribution in [3.63, 3.8) is 0 Å². The van der Waals surface area contributed by atoms with Gasteiger partial charge in [0.1, 0.15) is 5.82 Å². The summed E-state index contributed by atoms with van der Waals surface area (Å²) in [6, 6.07) is 5.04. The first-order chi connectivity index (χ1) is 8.58. The number of hydrogen-bond acceptors (Lipinski definition) is 1. The number of halogens is 3. The average Bonchev–Trinajstić information content (AvgIpc) is 2.36. The Morgan fingerprint density at radius 2 is 2.11 bits per heavy atom. The van der Waals surface area contributed by atoms with Crippen LogP contribution in [0.1, 0.15) is 25.3 Å². The Kier molecular flexibility index (Phi) is 5.05. The molecule has 2 rings (SSSR count). The van der Waals surface area contributed by atoms with Gasteiger partial charge in [-0.25, -0.2) is 4.39 Å². The molecule has 1 atom stereocenters. The summed E-state index contributed by atoms with van der Waals surface area (Å²) in [5, 5.41) is 0.272. The average molecular weight is 335 g/mol. The number of rotatable bonds is 3. The first kappa shape index (κ1) is 14.3. The van der Waals surface area contributed by atoms with Gasteiger partial charge in [-0.1, -0.05) is 46.6 Å². The summed E-state index contributed by atoms with van der Waals surface area (Å²) in [5.41, 5.74) is 0.891. The highest BCUT2D eigenvalue weighted by atomic mass is 79.9. The van der Waals surface area contributed by atoms with E-state index in [1.54, 1.807) is 6.07 Å². The smallest absolute Gasteiger partial charge is 0.142 e. The molecule has 1 saturated heterocycles. The van der Waals surface area contributed by atoms with Crippen molar-refractivity contribution < 1.29 is 4.39 Å². The van der Waals surface area contributed by atoms with Crippen LogP contribution in [-0.4, -0.2) is 22.8 Å². The second kappa shape index (κ2) is 6.36. The normalized spacial score (nSPS) is 20.0. The molecule has 0 aliphatic carbocycles. The van der Waals surface area contributed by atoms with E-state index in [1.807, 2.05) is 6.07 Å². The largest absolute Gasteiger partial charge is 0.299 e. The maximum atomic E-state index is 13.3. The van der Waals surface area contributed by atoms with Crippen LogP contribution < -0.4 is 0 Å². The Balaban J connectivity index is 1.94. The molecule has 0 saturated carbocycles. The van der Waals surface area contributed by atoms with Gasteiger partial charge in [-0.2, -0.15) is 0 Å². The lowest BCUT2D eigenvalue weighted by Gasteiger charge is -2.33. The zero-order chi connectivity index (χ0) is 13.1. The fraction of sp³-hybridized carbons (Fsp3) is 0.571. The highest BCUT2D eigenvalue weighted by Gasteiger charge is 2.22. The van der Waals surface area contributed by atoms with Crippen LogP contribution >= 0.6 is 27.5 Å². The second-order valence-corrected chi connectivity index (χ2v) is 6.83. The summed E-state index contributed by atoms with van der Waals surface area (Å²) in [7, 11) is 0. The molecule has 0 amide bonds. The second-order valence-electron chi connectivity index (χ2n) is 5.00. The molecule has 0 radical (unpaired) electrons. The molecule has 1 aliphatic heterocycles. The first-order valence-corrected chi connectivity index (χ1v) is 7.66. The topological polar surface area (TPSA) is 3.24 Å². The van der Waals surface area contributed by atoms with Crippen LogP contribution in [0.5, 0.6) is 0 Å². The molecule has 1 aromatic rings.